The summed E-state index contributed by atoms with van der Waals surface area (Å²) in [4.78, 5) is 50.2. The van der Waals surface area contributed by atoms with E-state index in [4.69, 9.17) is 4.74 Å². The van der Waals surface area contributed by atoms with E-state index >= 15 is 0 Å². The van der Waals surface area contributed by atoms with Crippen molar-refractivity contribution in [2.24, 2.45) is 0 Å². The molecule has 3 rings (SSSR count). The summed E-state index contributed by atoms with van der Waals surface area (Å²) in [7, 11) is 1.27. The SMILES string of the molecule is COC(=O)CCNC(=O)c1cn(C[C@H]2CCCO2)cc(C(=O)NC2CCCCCCC2)c1=O. The Labute approximate surface area is 194 Å². The molecular weight excluding hydrogens is 426 g/mol. The number of hydrogen-bond acceptors (Lipinski definition) is 6. The van der Waals surface area contributed by atoms with Crippen molar-refractivity contribution in [3.63, 3.8) is 0 Å². The standard InChI is InChI=1S/C24H35N3O6/c1-32-21(28)11-12-25-23(30)19-15-27(14-18-10-7-13-33-18)16-20(22(19)29)24(31)26-17-8-5-3-2-4-6-9-17/h15-18H,2-14H2,1H3,(H,25,30)(H,26,31)/t18-/m1/s1. The predicted octanol–water partition coefficient (Wildman–Crippen LogP) is 2.16. The van der Waals surface area contributed by atoms with Crippen molar-refractivity contribution in [3.8, 4) is 0 Å². The maximum absolute atomic E-state index is 13.1. The Kier molecular flexibility index (Phi) is 9.47. The summed E-state index contributed by atoms with van der Waals surface area (Å²) in [5, 5.41) is 5.59. The van der Waals surface area contributed by atoms with Crippen LogP contribution in [0, 0.1) is 0 Å². The number of rotatable bonds is 8. The summed E-state index contributed by atoms with van der Waals surface area (Å²) in [6, 6.07) is 0.0290. The van der Waals surface area contributed by atoms with Crippen molar-refractivity contribution in [1.82, 2.24) is 15.2 Å². The summed E-state index contributed by atoms with van der Waals surface area (Å²) < 4.78 is 12.0. The zero-order valence-corrected chi connectivity index (χ0v) is 19.4. The molecule has 33 heavy (non-hydrogen) atoms. The number of nitrogens with zero attached hydrogens (tertiary/aromatic N) is 1. The summed E-state index contributed by atoms with van der Waals surface area (Å²) in [6.07, 6.45) is 12.2. The summed E-state index contributed by atoms with van der Waals surface area (Å²) >= 11 is 0. The molecule has 1 atom stereocenters. The maximum atomic E-state index is 13.1. The van der Waals surface area contributed by atoms with E-state index in [2.05, 4.69) is 15.4 Å². The number of esters is 1. The largest absolute Gasteiger partial charge is 0.469 e. The maximum Gasteiger partial charge on any atom is 0.307 e. The Morgan fingerprint density at radius 2 is 1.67 bits per heavy atom. The number of nitrogens with one attached hydrogen (secondary N) is 2. The van der Waals surface area contributed by atoms with E-state index in [-0.39, 0.29) is 36.2 Å². The molecule has 9 heteroatoms. The van der Waals surface area contributed by atoms with Gasteiger partial charge in [-0.1, -0.05) is 32.1 Å². The summed E-state index contributed by atoms with van der Waals surface area (Å²) in [5.74, 6) is -1.53. The van der Waals surface area contributed by atoms with Gasteiger partial charge in [0.2, 0.25) is 5.43 Å². The summed E-state index contributed by atoms with van der Waals surface area (Å²) in [5.41, 5.74) is -0.781. The number of aromatic nitrogens is 1. The molecule has 2 amide bonds. The molecule has 2 aliphatic rings. The molecule has 2 N–H and O–H groups in total. The van der Waals surface area contributed by atoms with Crippen LogP contribution in [-0.2, 0) is 20.8 Å². The lowest BCUT2D eigenvalue weighted by Crippen LogP contribution is -2.40. The third-order valence-electron chi connectivity index (χ3n) is 6.29. The second-order valence-corrected chi connectivity index (χ2v) is 8.84. The van der Waals surface area contributed by atoms with E-state index in [0.29, 0.717) is 13.2 Å². The van der Waals surface area contributed by atoms with Gasteiger partial charge in [0.25, 0.3) is 11.8 Å². The number of carbonyl (C=O) groups is 3. The Hall–Kier alpha value is -2.68. The van der Waals surface area contributed by atoms with E-state index in [1.807, 2.05) is 0 Å². The van der Waals surface area contributed by atoms with E-state index in [0.717, 1.165) is 51.4 Å². The van der Waals surface area contributed by atoms with Crippen LogP contribution >= 0.6 is 0 Å². The highest BCUT2D eigenvalue weighted by Gasteiger charge is 2.23. The molecule has 1 aromatic heterocycles. The molecule has 1 saturated heterocycles. The van der Waals surface area contributed by atoms with Crippen molar-refractivity contribution in [3.05, 3.63) is 33.7 Å². The molecule has 1 aliphatic carbocycles. The lowest BCUT2D eigenvalue weighted by atomic mass is 9.96. The smallest absolute Gasteiger partial charge is 0.307 e. The van der Waals surface area contributed by atoms with Crippen LogP contribution in [0.5, 0.6) is 0 Å². The van der Waals surface area contributed by atoms with Gasteiger partial charge in [-0.2, -0.15) is 0 Å². The van der Waals surface area contributed by atoms with Gasteiger partial charge in [-0.3, -0.25) is 19.2 Å². The second-order valence-electron chi connectivity index (χ2n) is 8.84. The van der Waals surface area contributed by atoms with Crippen LogP contribution in [0.3, 0.4) is 0 Å². The fraction of sp³-hybridized carbons (Fsp3) is 0.667. The molecule has 0 bridgehead atoms. The van der Waals surface area contributed by atoms with Gasteiger partial charge < -0.3 is 24.7 Å². The highest BCUT2D eigenvalue weighted by molar-refractivity contribution is 5.99. The van der Waals surface area contributed by atoms with Gasteiger partial charge in [-0.15, -0.1) is 0 Å². The van der Waals surface area contributed by atoms with Gasteiger partial charge in [0.05, 0.1) is 19.6 Å². The second kappa shape index (κ2) is 12.5. The van der Waals surface area contributed by atoms with E-state index in [1.165, 1.54) is 25.9 Å². The third-order valence-corrected chi connectivity index (χ3v) is 6.29. The first-order valence-electron chi connectivity index (χ1n) is 12.0. The Morgan fingerprint density at radius 1 is 1.00 bits per heavy atom. The van der Waals surface area contributed by atoms with Crippen LogP contribution in [0.25, 0.3) is 0 Å². The zero-order chi connectivity index (χ0) is 23.6. The van der Waals surface area contributed by atoms with Crippen LogP contribution in [0.15, 0.2) is 17.2 Å². The van der Waals surface area contributed by atoms with Gasteiger partial charge in [0.15, 0.2) is 0 Å². The number of pyridine rings is 1. The Balaban J connectivity index is 1.79. The van der Waals surface area contributed by atoms with Gasteiger partial charge in [-0.05, 0) is 25.7 Å². The fourth-order valence-electron chi connectivity index (χ4n) is 4.42. The molecule has 1 aromatic rings. The van der Waals surface area contributed by atoms with Gasteiger partial charge in [-0.25, -0.2) is 0 Å². The first kappa shape index (κ1) is 25.0. The lowest BCUT2D eigenvalue weighted by molar-refractivity contribution is -0.140. The van der Waals surface area contributed by atoms with E-state index < -0.39 is 23.2 Å². The average molecular weight is 462 g/mol. The number of hydrogen-bond donors (Lipinski definition) is 2. The first-order chi connectivity index (χ1) is 16.0. The van der Waals surface area contributed by atoms with Crippen LogP contribution < -0.4 is 16.1 Å². The number of amides is 2. The molecule has 182 valence electrons. The molecule has 0 unspecified atom stereocenters. The Bertz CT molecular complexity index is 883. The molecule has 2 heterocycles. The monoisotopic (exact) mass is 461 g/mol. The normalized spacial score (nSPS) is 19.4. The van der Waals surface area contributed by atoms with Crippen molar-refractivity contribution >= 4 is 17.8 Å². The Morgan fingerprint density at radius 3 is 2.30 bits per heavy atom. The van der Waals surface area contributed by atoms with Crippen LogP contribution in [-0.4, -0.2) is 54.8 Å². The zero-order valence-electron chi connectivity index (χ0n) is 19.4. The summed E-state index contributed by atoms with van der Waals surface area (Å²) in [6.45, 7) is 1.17. The van der Waals surface area contributed by atoms with Gasteiger partial charge in [0, 0.05) is 38.1 Å². The predicted molar refractivity (Wildman–Crippen MR) is 122 cm³/mol. The van der Waals surface area contributed by atoms with Gasteiger partial charge in [0.1, 0.15) is 11.1 Å². The molecule has 1 aliphatic heterocycles. The first-order valence-corrected chi connectivity index (χ1v) is 12.0. The number of ether oxygens (including phenoxy) is 2. The topological polar surface area (TPSA) is 116 Å². The minimum Gasteiger partial charge on any atom is -0.469 e. The molecule has 0 radical (unpaired) electrons. The van der Waals surface area contributed by atoms with Crippen molar-refractivity contribution in [1.29, 1.82) is 0 Å². The highest BCUT2D eigenvalue weighted by atomic mass is 16.5. The third kappa shape index (κ3) is 7.42. The molecule has 9 nitrogen and oxygen atoms in total. The molecule has 2 fully saturated rings. The average Bonchev–Trinajstić information content (AvgIpc) is 3.29. The molecular formula is C24H35N3O6. The van der Waals surface area contributed by atoms with E-state index in [1.54, 1.807) is 4.57 Å². The lowest BCUT2D eigenvalue weighted by Gasteiger charge is -2.21. The molecule has 1 saturated carbocycles. The minimum atomic E-state index is -0.620. The molecule has 0 spiro atoms. The van der Waals surface area contributed by atoms with Crippen molar-refractivity contribution in [2.75, 3.05) is 20.3 Å². The minimum absolute atomic E-state index is 0.00575. The van der Waals surface area contributed by atoms with Crippen LogP contribution in [0.1, 0.15) is 84.9 Å². The van der Waals surface area contributed by atoms with Crippen molar-refractivity contribution in [2.45, 2.75) is 82.9 Å². The van der Waals surface area contributed by atoms with Crippen molar-refractivity contribution < 1.29 is 23.9 Å². The van der Waals surface area contributed by atoms with Crippen LogP contribution in [0.4, 0.5) is 0 Å². The fourth-order valence-corrected chi connectivity index (χ4v) is 4.42. The highest BCUT2D eigenvalue weighted by Crippen LogP contribution is 2.18. The number of methoxy groups -OCH3 is 1. The molecule has 0 aromatic carbocycles. The van der Waals surface area contributed by atoms with Gasteiger partial charge >= 0.3 is 5.97 Å². The quantitative estimate of drug-likeness (QED) is 0.573. The van der Waals surface area contributed by atoms with Crippen LogP contribution in [0.2, 0.25) is 0 Å². The number of carbonyl (C=O) groups excluding carboxylic acids is 3. The van der Waals surface area contributed by atoms with E-state index in [9.17, 15) is 19.2 Å².